The van der Waals surface area contributed by atoms with Crippen LogP contribution >= 0.6 is 0 Å². The van der Waals surface area contributed by atoms with Gasteiger partial charge in [-0.1, -0.05) is 6.08 Å². The van der Waals surface area contributed by atoms with Crippen LogP contribution in [-0.4, -0.2) is 82.3 Å². The number of phenolic OH excluding ortho intramolecular Hbond substituents is 1. The fraction of sp³-hybridized carbons (Fsp3) is 0.385. The maximum absolute atomic E-state index is 16.6. The summed E-state index contributed by atoms with van der Waals surface area (Å²) in [5.41, 5.74) is 0.782. The number of ether oxygens (including phenoxy) is 1. The number of likely N-dealkylation sites (N-methyl/N-ethyl adjacent to an activating group) is 1. The van der Waals surface area contributed by atoms with Crippen molar-refractivity contribution in [2.45, 2.75) is 33.7 Å². The van der Waals surface area contributed by atoms with E-state index in [0.717, 1.165) is 9.29 Å². The molecule has 1 atom stereocenters. The van der Waals surface area contributed by atoms with Crippen molar-refractivity contribution in [3.8, 4) is 11.5 Å². The lowest BCUT2D eigenvalue weighted by molar-refractivity contribution is -0.133. The summed E-state index contributed by atoms with van der Waals surface area (Å²) in [4.78, 5) is 30.5. The molecule has 2 aromatic rings. The van der Waals surface area contributed by atoms with Crippen molar-refractivity contribution in [3.05, 3.63) is 65.1 Å². The molecule has 8 nitrogen and oxygen atoms in total. The number of methoxy groups -OCH3 is 1. The standard InChI is InChI=1S/C26H32BF2N4O4/c1-6-30(7-2)25(35)21-13-11-19-24(18-16-17(34)10-15-23(18)37-5)20-12-14-22(26(36)31(8-3)9-4)33(20)27(28,29)32(19)21/h10-16,21,34H,6-9H2,1-5H3/q-1. The van der Waals surface area contributed by atoms with Crippen molar-refractivity contribution >= 4 is 24.4 Å². The van der Waals surface area contributed by atoms with E-state index < -0.39 is 24.8 Å². The Bertz CT molecular complexity index is 1280. The predicted octanol–water partition coefficient (Wildman–Crippen LogP) is 3.79. The van der Waals surface area contributed by atoms with E-state index in [0.29, 0.717) is 43.1 Å². The van der Waals surface area contributed by atoms with Gasteiger partial charge in [0, 0.05) is 48.7 Å². The van der Waals surface area contributed by atoms with Crippen LogP contribution in [0.2, 0.25) is 0 Å². The molecule has 37 heavy (non-hydrogen) atoms. The zero-order chi connectivity index (χ0) is 27.1. The number of rotatable bonds is 8. The molecule has 2 aliphatic heterocycles. The van der Waals surface area contributed by atoms with Crippen LogP contribution in [0.5, 0.6) is 11.5 Å². The van der Waals surface area contributed by atoms with E-state index in [9.17, 15) is 14.7 Å². The van der Waals surface area contributed by atoms with Crippen LogP contribution in [0.15, 0.2) is 48.2 Å². The van der Waals surface area contributed by atoms with E-state index in [-0.39, 0.29) is 22.8 Å². The molecular formula is C26H32BF2N4O4-. The number of carbonyl (C=O) groups excluding carboxylic acids is 2. The molecule has 1 aromatic heterocycles. The third-order valence-corrected chi connectivity index (χ3v) is 7.14. The van der Waals surface area contributed by atoms with Crippen LogP contribution in [0, 0.1) is 0 Å². The summed E-state index contributed by atoms with van der Waals surface area (Å²) in [5, 5.41) is 10.3. The number of fused-ring (bicyclic) bond motifs is 2. The van der Waals surface area contributed by atoms with Gasteiger partial charge in [0.2, 0.25) is 5.91 Å². The molecule has 0 bridgehead atoms. The minimum absolute atomic E-state index is 0.0754. The average molecular weight is 513 g/mol. The summed E-state index contributed by atoms with van der Waals surface area (Å²) in [6.07, 6.45) is 2.99. The second kappa shape index (κ2) is 9.95. The van der Waals surface area contributed by atoms with E-state index >= 15 is 8.63 Å². The Kier molecular flexibility index (Phi) is 7.08. The molecule has 0 spiro atoms. The van der Waals surface area contributed by atoms with Gasteiger partial charge in [0.1, 0.15) is 11.5 Å². The average Bonchev–Trinajstić information content (AvgIpc) is 3.52. The number of aromatic hydroxyl groups is 1. The van der Waals surface area contributed by atoms with Gasteiger partial charge in [-0.15, -0.1) is 0 Å². The van der Waals surface area contributed by atoms with Crippen LogP contribution < -0.4 is 4.74 Å². The van der Waals surface area contributed by atoms with Gasteiger partial charge < -0.3 is 37.6 Å². The van der Waals surface area contributed by atoms with Gasteiger partial charge >= 0.3 is 6.97 Å². The van der Waals surface area contributed by atoms with Gasteiger partial charge in [0.25, 0.3) is 5.91 Å². The summed E-state index contributed by atoms with van der Waals surface area (Å²) < 4.78 is 39.4. The molecule has 1 unspecified atom stereocenters. The number of phenols is 1. The third kappa shape index (κ3) is 4.06. The van der Waals surface area contributed by atoms with E-state index in [1.54, 1.807) is 33.8 Å². The van der Waals surface area contributed by atoms with E-state index in [1.807, 2.05) is 0 Å². The SMILES string of the molecule is CCN(CC)C(=O)c1ccc2n1[B-](F)(F)N1C(=C2c2cc(O)ccc2OC)C=CC1C(=O)N(CC)CC. The van der Waals surface area contributed by atoms with Gasteiger partial charge in [-0.3, -0.25) is 9.59 Å². The Morgan fingerprint density at radius 1 is 1.03 bits per heavy atom. The topological polar surface area (TPSA) is 78.3 Å². The molecular weight excluding hydrogens is 481 g/mol. The highest BCUT2D eigenvalue weighted by Gasteiger charge is 2.50. The number of amides is 2. The Morgan fingerprint density at radius 2 is 1.68 bits per heavy atom. The largest absolute Gasteiger partial charge is 0.530 e. The first-order valence-electron chi connectivity index (χ1n) is 12.6. The van der Waals surface area contributed by atoms with Gasteiger partial charge in [-0.25, -0.2) is 0 Å². The molecule has 2 aliphatic rings. The molecule has 1 N–H and O–H groups in total. The minimum Gasteiger partial charge on any atom is -0.508 e. The highest BCUT2D eigenvalue weighted by Crippen LogP contribution is 2.47. The lowest BCUT2D eigenvalue weighted by Gasteiger charge is -2.49. The van der Waals surface area contributed by atoms with Crippen molar-refractivity contribution < 1.29 is 28.1 Å². The van der Waals surface area contributed by atoms with E-state index in [2.05, 4.69) is 0 Å². The minimum atomic E-state index is -4.60. The number of halogens is 2. The lowest BCUT2D eigenvalue weighted by atomic mass is 9.83. The van der Waals surface area contributed by atoms with Crippen molar-refractivity contribution in [1.29, 1.82) is 0 Å². The maximum atomic E-state index is 16.6. The zero-order valence-electron chi connectivity index (χ0n) is 21.7. The maximum Gasteiger partial charge on any atom is 0.530 e. The van der Waals surface area contributed by atoms with Gasteiger partial charge in [0.05, 0.1) is 18.8 Å². The Morgan fingerprint density at radius 3 is 2.27 bits per heavy atom. The quantitative estimate of drug-likeness (QED) is 0.544. The summed E-state index contributed by atoms with van der Waals surface area (Å²) in [6.45, 7) is 4.03. The summed E-state index contributed by atoms with van der Waals surface area (Å²) in [6, 6.07) is 6.06. The lowest BCUT2D eigenvalue weighted by Crippen LogP contribution is -2.61. The van der Waals surface area contributed by atoms with Crippen LogP contribution in [0.4, 0.5) is 8.63 Å². The van der Waals surface area contributed by atoms with Crippen LogP contribution in [-0.2, 0) is 4.79 Å². The van der Waals surface area contributed by atoms with E-state index in [1.165, 1.54) is 53.3 Å². The van der Waals surface area contributed by atoms with E-state index in [4.69, 9.17) is 4.74 Å². The number of hydrogen-bond acceptors (Lipinski definition) is 5. The van der Waals surface area contributed by atoms with Crippen LogP contribution in [0.1, 0.15) is 49.4 Å². The normalized spacial score (nSPS) is 17.5. The van der Waals surface area contributed by atoms with Crippen molar-refractivity contribution in [2.75, 3.05) is 33.3 Å². The Labute approximate surface area is 215 Å². The summed E-state index contributed by atoms with van der Waals surface area (Å²) >= 11 is 0. The monoisotopic (exact) mass is 513 g/mol. The fourth-order valence-electron chi connectivity index (χ4n) is 5.26. The first-order chi connectivity index (χ1) is 17.7. The molecule has 1 aromatic carbocycles. The zero-order valence-corrected chi connectivity index (χ0v) is 21.7. The molecule has 11 heteroatoms. The Hall–Kier alpha value is -3.76. The first kappa shape index (κ1) is 26.3. The van der Waals surface area contributed by atoms with Crippen molar-refractivity contribution in [2.24, 2.45) is 0 Å². The summed E-state index contributed by atoms with van der Waals surface area (Å²) in [5.74, 6) is -0.697. The second-order valence-corrected chi connectivity index (χ2v) is 8.91. The molecule has 0 saturated heterocycles. The molecule has 0 saturated carbocycles. The molecule has 4 rings (SSSR count). The number of benzene rings is 1. The van der Waals surface area contributed by atoms with Crippen LogP contribution in [0.25, 0.3) is 5.57 Å². The molecule has 198 valence electrons. The molecule has 2 amide bonds. The van der Waals surface area contributed by atoms with Crippen molar-refractivity contribution in [1.82, 2.24) is 19.1 Å². The summed E-state index contributed by atoms with van der Waals surface area (Å²) in [7, 11) is 1.45. The van der Waals surface area contributed by atoms with Gasteiger partial charge in [0.15, 0.2) is 0 Å². The number of carbonyl (C=O) groups is 2. The van der Waals surface area contributed by atoms with Crippen molar-refractivity contribution in [3.63, 3.8) is 0 Å². The number of allylic oxidation sites excluding steroid dienone is 1. The molecule has 3 heterocycles. The van der Waals surface area contributed by atoms with Gasteiger partial charge in [-0.2, -0.15) is 0 Å². The van der Waals surface area contributed by atoms with Gasteiger partial charge in [-0.05, 0) is 64.1 Å². The second-order valence-electron chi connectivity index (χ2n) is 8.91. The molecule has 0 fully saturated rings. The number of hydrogen-bond donors (Lipinski definition) is 1. The number of nitrogens with zero attached hydrogens (tertiary/aromatic N) is 4. The third-order valence-electron chi connectivity index (χ3n) is 7.14. The number of aromatic nitrogens is 1. The molecule has 0 aliphatic carbocycles. The van der Waals surface area contributed by atoms with Crippen LogP contribution in [0.3, 0.4) is 0 Å². The predicted molar refractivity (Wildman–Crippen MR) is 138 cm³/mol. The first-order valence-corrected chi connectivity index (χ1v) is 12.6. The Balaban J connectivity index is 2.02. The smallest absolute Gasteiger partial charge is 0.508 e. The molecule has 0 radical (unpaired) electrons. The fourth-order valence-corrected chi connectivity index (χ4v) is 5.26. The highest BCUT2D eigenvalue weighted by atomic mass is 19.2. The highest BCUT2D eigenvalue weighted by molar-refractivity contribution is 6.64.